The third-order valence-electron chi connectivity index (χ3n) is 2.42. The lowest BCUT2D eigenvalue weighted by Crippen LogP contribution is -2.12. The maximum absolute atomic E-state index is 9.94. The molecule has 4 heteroatoms. The van der Waals surface area contributed by atoms with E-state index in [1.54, 1.807) is 12.2 Å². The summed E-state index contributed by atoms with van der Waals surface area (Å²) in [6, 6.07) is 0. The van der Waals surface area contributed by atoms with Gasteiger partial charge in [0, 0.05) is 18.7 Å². The maximum Gasteiger partial charge on any atom is 0.207 e. The smallest absolute Gasteiger partial charge is 0.207 e. The summed E-state index contributed by atoms with van der Waals surface area (Å²) < 4.78 is 0. The summed E-state index contributed by atoms with van der Waals surface area (Å²) in [5.41, 5.74) is 1.61. The third kappa shape index (κ3) is 9.83. The molecule has 0 aromatic heterocycles. The van der Waals surface area contributed by atoms with Crippen LogP contribution in [0, 0.1) is 12.3 Å². The highest BCUT2D eigenvalue weighted by atomic mass is 16.3. The van der Waals surface area contributed by atoms with Crippen molar-refractivity contribution in [3.05, 3.63) is 36.0 Å². The molecule has 1 fully saturated rings. The van der Waals surface area contributed by atoms with Crippen LogP contribution in [0.1, 0.15) is 13.3 Å². The van der Waals surface area contributed by atoms with E-state index in [9.17, 15) is 4.79 Å². The number of hydrogen-bond donors (Lipinski definition) is 3. The highest BCUT2D eigenvalue weighted by Crippen LogP contribution is 1.98. The monoisotopic (exact) mass is 262 g/mol. The largest absolute Gasteiger partial charge is 0.392 e. The molecule has 1 heterocycles. The van der Waals surface area contributed by atoms with Crippen LogP contribution in [0.25, 0.3) is 0 Å². The normalized spacial score (nSPS) is 18.4. The van der Waals surface area contributed by atoms with Gasteiger partial charge < -0.3 is 15.7 Å². The number of hydrogen-bond acceptors (Lipinski definition) is 3. The first-order valence-corrected chi connectivity index (χ1v) is 6.18. The quantitative estimate of drug-likeness (QED) is 0.389. The van der Waals surface area contributed by atoms with Gasteiger partial charge in [-0.25, -0.2) is 0 Å². The van der Waals surface area contributed by atoms with Crippen molar-refractivity contribution < 1.29 is 9.90 Å². The van der Waals surface area contributed by atoms with Crippen molar-refractivity contribution in [1.82, 2.24) is 10.6 Å². The fraction of sp³-hybridized carbons (Fsp3) is 0.400. The number of β-amino-alcohol motifs (C(OH)–C–C–N with tert-alkyl or cyclic N) is 1. The molecule has 0 aliphatic carbocycles. The summed E-state index contributed by atoms with van der Waals surface area (Å²) in [4.78, 5) is 9.94. The second kappa shape index (κ2) is 11.3. The van der Waals surface area contributed by atoms with Crippen LogP contribution < -0.4 is 10.6 Å². The third-order valence-corrected chi connectivity index (χ3v) is 2.42. The van der Waals surface area contributed by atoms with Crippen molar-refractivity contribution in [3.63, 3.8) is 0 Å². The number of aliphatic hydroxyl groups is 1. The molecule has 0 saturated carbocycles. The van der Waals surface area contributed by atoms with Crippen molar-refractivity contribution in [2.45, 2.75) is 19.4 Å². The Morgan fingerprint density at radius 2 is 2.37 bits per heavy atom. The van der Waals surface area contributed by atoms with Gasteiger partial charge in [0.05, 0.1) is 6.10 Å². The SMILES string of the molecule is C#CC(/C=C\C(=C)CNC=O)=C/C.OC1CCNC1. The molecule has 0 aromatic rings. The number of terminal acetylenes is 1. The van der Waals surface area contributed by atoms with Gasteiger partial charge in [-0.15, -0.1) is 6.42 Å². The van der Waals surface area contributed by atoms with Crippen LogP contribution >= 0.6 is 0 Å². The van der Waals surface area contributed by atoms with E-state index < -0.39 is 0 Å². The van der Waals surface area contributed by atoms with Crippen molar-refractivity contribution in [2.75, 3.05) is 19.6 Å². The summed E-state index contributed by atoms with van der Waals surface area (Å²) in [6.07, 6.45) is 12.1. The van der Waals surface area contributed by atoms with E-state index in [0.717, 1.165) is 30.7 Å². The summed E-state index contributed by atoms with van der Waals surface area (Å²) in [5, 5.41) is 14.2. The number of rotatable bonds is 5. The molecule has 0 spiro atoms. The molecule has 0 radical (unpaired) electrons. The molecular weight excluding hydrogens is 240 g/mol. The van der Waals surface area contributed by atoms with Crippen LogP contribution in [0.5, 0.6) is 0 Å². The minimum absolute atomic E-state index is 0.0648. The Morgan fingerprint density at radius 1 is 1.63 bits per heavy atom. The zero-order valence-electron chi connectivity index (χ0n) is 11.4. The second-order valence-corrected chi connectivity index (χ2v) is 4.03. The van der Waals surface area contributed by atoms with E-state index in [2.05, 4.69) is 23.1 Å². The topological polar surface area (TPSA) is 61.4 Å². The highest BCUT2D eigenvalue weighted by Gasteiger charge is 2.08. The van der Waals surface area contributed by atoms with Crippen molar-refractivity contribution in [3.8, 4) is 12.3 Å². The fourth-order valence-electron chi connectivity index (χ4n) is 1.31. The number of nitrogens with one attached hydrogen (secondary N) is 2. The molecule has 4 nitrogen and oxygen atoms in total. The Balaban J connectivity index is 0.000000443. The first kappa shape index (κ1) is 17.2. The van der Waals surface area contributed by atoms with Gasteiger partial charge in [0.1, 0.15) is 0 Å². The molecule has 1 saturated heterocycles. The predicted molar refractivity (Wildman–Crippen MR) is 78.4 cm³/mol. The lowest BCUT2D eigenvalue weighted by molar-refractivity contribution is -0.109. The number of carbonyl (C=O) groups is 1. The molecule has 0 aromatic carbocycles. The summed E-state index contributed by atoms with van der Waals surface area (Å²) in [5.74, 6) is 2.51. The number of carbonyl (C=O) groups excluding carboxylic acids is 1. The molecule has 1 rings (SSSR count). The zero-order valence-corrected chi connectivity index (χ0v) is 11.4. The van der Waals surface area contributed by atoms with Gasteiger partial charge >= 0.3 is 0 Å². The number of aliphatic hydroxyl groups excluding tert-OH is 1. The molecular formula is C15H22N2O2. The van der Waals surface area contributed by atoms with Crippen LogP contribution in [0.3, 0.4) is 0 Å². The number of amides is 1. The van der Waals surface area contributed by atoms with Crippen LogP contribution in [-0.2, 0) is 4.79 Å². The molecule has 19 heavy (non-hydrogen) atoms. The Kier molecular flexibility index (Phi) is 10.2. The summed E-state index contributed by atoms with van der Waals surface area (Å²) in [7, 11) is 0. The van der Waals surface area contributed by atoms with Crippen LogP contribution in [0.2, 0.25) is 0 Å². The van der Waals surface area contributed by atoms with E-state index in [1.807, 2.05) is 13.0 Å². The van der Waals surface area contributed by atoms with Crippen molar-refractivity contribution >= 4 is 6.41 Å². The molecule has 1 atom stereocenters. The molecule has 1 aliphatic rings. The van der Waals surface area contributed by atoms with Gasteiger partial charge in [-0.05, 0) is 31.5 Å². The lowest BCUT2D eigenvalue weighted by atomic mass is 10.2. The Hall–Kier alpha value is -1.83. The average Bonchev–Trinajstić information content (AvgIpc) is 2.89. The summed E-state index contributed by atoms with van der Waals surface area (Å²) >= 11 is 0. The van der Waals surface area contributed by atoms with Crippen molar-refractivity contribution in [1.29, 1.82) is 0 Å². The van der Waals surface area contributed by atoms with Gasteiger partial charge in [0.25, 0.3) is 0 Å². The fourth-order valence-corrected chi connectivity index (χ4v) is 1.31. The average molecular weight is 262 g/mol. The molecule has 104 valence electrons. The molecule has 1 unspecified atom stereocenters. The molecule has 0 bridgehead atoms. The van der Waals surface area contributed by atoms with Gasteiger partial charge in [0.2, 0.25) is 6.41 Å². The maximum atomic E-state index is 9.94. The van der Waals surface area contributed by atoms with Gasteiger partial charge in [-0.1, -0.05) is 24.7 Å². The van der Waals surface area contributed by atoms with Crippen LogP contribution in [0.4, 0.5) is 0 Å². The summed E-state index contributed by atoms with van der Waals surface area (Å²) in [6.45, 7) is 7.82. The predicted octanol–water partition coefficient (Wildman–Crippen LogP) is 0.765. The molecule has 1 aliphatic heterocycles. The second-order valence-electron chi connectivity index (χ2n) is 4.03. The van der Waals surface area contributed by atoms with E-state index in [4.69, 9.17) is 11.5 Å². The van der Waals surface area contributed by atoms with E-state index in [-0.39, 0.29) is 6.10 Å². The Labute approximate surface area is 115 Å². The molecule has 1 amide bonds. The first-order chi connectivity index (χ1) is 9.13. The minimum Gasteiger partial charge on any atom is -0.392 e. The van der Waals surface area contributed by atoms with E-state index in [1.165, 1.54) is 0 Å². The van der Waals surface area contributed by atoms with E-state index >= 15 is 0 Å². The van der Waals surface area contributed by atoms with E-state index in [0.29, 0.717) is 13.0 Å². The Morgan fingerprint density at radius 3 is 2.74 bits per heavy atom. The van der Waals surface area contributed by atoms with Gasteiger partial charge in [-0.3, -0.25) is 4.79 Å². The van der Waals surface area contributed by atoms with Crippen LogP contribution in [0.15, 0.2) is 36.0 Å². The van der Waals surface area contributed by atoms with Gasteiger partial charge in [0.15, 0.2) is 0 Å². The standard InChI is InChI=1S/C11H13NO.C4H9NO/c1-4-11(5-2)7-6-10(3)8-12-9-13;6-4-1-2-5-3-4/h1,5-7,9H,3,8H2,2H3,(H,12,13);4-6H,1-3H2/b7-6-,11-5-;. The number of allylic oxidation sites excluding steroid dienone is 3. The van der Waals surface area contributed by atoms with Gasteiger partial charge in [-0.2, -0.15) is 0 Å². The molecule has 3 N–H and O–H groups in total. The lowest BCUT2D eigenvalue weighted by Gasteiger charge is -1.96. The minimum atomic E-state index is -0.0648. The zero-order chi connectivity index (χ0) is 14.5. The first-order valence-electron chi connectivity index (χ1n) is 6.18. The highest BCUT2D eigenvalue weighted by molar-refractivity contribution is 5.47. The van der Waals surface area contributed by atoms with Crippen molar-refractivity contribution in [2.24, 2.45) is 0 Å². The Bertz CT molecular complexity index is 372. The van der Waals surface area contributed by atoms with Crippen LogP contribution in [-0.4, -0.2) is 37.3 Å².